The van der Waals surface area contributed by atoms with Crippen LogP contribution in [0.25, 0.3) is 0 Å². The highest BCUT2D eigenvalue weighted by Gasteiger charge is 2.12. The van der Waals surface area contributed by atoms with Crippen LogP contribution in [0.3, 0.4) is 0 Å². The maximum atomic E-state index is 3.21. The highest BCUT2D eigenvalue weighted by atomic mass is 14.8. The summed E-state index contributed by atoms with van der Waals surface area (Å²) < 4.78 is 0. The second-order valence-corrected chi connectivity index (χ2v) is 4.10. The maximum absolute atomic E-state index is 3.21. The summed E-state index contributed by atoms with van der Waals surface area (Å²) in [5.74, 6) is 0.976. The van der Waals surface area contributed by atoms with Gasteiger partial charge in [-0.2, -0.15) is 0 Å². The van der Waals surface area contributed by atoms with Crippen LogP contribution in [-0.4, -0.2) is 13.6 Å². The number of hydrogen-bond donors (Lipinski definition) is 1. The molecule has 13 heavy (non-hydrogen) atoms. The number of allylic oxidation sites excluding steroid dienone is 2. The third-order valence-corrected chi connectivity index (χ3v) is 3.11. The lowest BCUT2D eigenvalue weighted by molar-refractivity contribution is 0.418. The van der Waals surface area contributed by atoms with Gasteiger partial charge in [-0.25, -0.2) is 0 Å². The zero-order valence-electron chi connectivity index (χ0n) is 9.10. The molecular formula is C12H25N. The summed E-state index contributed by atoms with van der Waals surface area (Å²) >= 11 is 0. The summed E-state index contributed by atoms with van der Waals surface area (Å²) in [5.41, 5.74) is 1.69. The predicted octanol–water partition coefficient (Wildman–Crippen LogP) is 3.37. The van der Waals surface area contributed by atoms with E-state index in [0.717, 1.165) is 5.92 Å². The van der Waals surface area contributed by atoms with Crippen molar-refractivity contribution in [3.8, 4) is 0 Å². The molecule has 0 unspecified atom stereocenters. The Morgan fingerprint density at radius 2 is 2.46 bits per heavy atom. The molecule has 0 aromatic heterocycles. The Hall–Kier alpha value is -0.300. The molecule has 0 aromatic rings. The Kier molecular flexibility index (Phi) is 5.14. The fraction of sp³-hybridized carbons (Fsp3) is 0.833. The summed E-state index contributed by atoms with van der Waals surface area (Å²) in [6, 6.07) is 0. The first-order chi connectivity index (χ1) is 6.36. The van der Waals surface area contributed by atoms with Gasteiger partial charge in [0, 0.05) is 1.43 Å². The van der Waals surface area contributed by atoms with Gasteiger partial charge in [-0.15, -0.1) is 0 Å². The lowest BCUT2D eigenvalue weighted by Gasteiger charge is -2.21. The Morgan fingerprint density at radius 3 is 3.00 bits per heavy atom. The molecule has 1 rings (SSSR count). The molecule has 0 saturated carbocycles. The first kappa shape index (κ1) is 10.8. The minimum absolute atomic E-state index is 0. The van der Waals surface area contributed by atoms with Crippen molar-refractivity contribution in [1.29, 1.82) is 0 Å². The summed E-state index contributed by atoms with van der Waals surface area (Å²) in [7, 11) is 2.04. The minimum atomic E-state index is 0. The fourth-order valence-corrected chi connectivity index (χ4v) is 2.09. The molecular weight excluding hydrogens is 158 g/mol. The second kappa shape index (κ2) is 6.20. The zero-order valence-corrected chi connectivity index (χ0v) is 9.10. The predicted molar refractivity (Wildman–Crippen MR) is 61.0 cm³/mol. The third kappa shape index (κ3) is 3.95. The van der Waals surface area contributed by atoms with Gasteiger partial charge in [0.1, 0.15) is 0 Å². The zero-order chi connectivity index (χ0) is 9.52. The number of rotatable bonds is 5. The first-order valence-electron chi connectivity index (χ1n) is 5.69. The van der Waals surface area contributed by atoms with Crippen molar-refractivity contribution >= 4 is 0 Å². The van der Waals surface area contributed by atoms with Gasteiger partial charge >= 0.3 is 0 Å². The van der Waals surface area contributed by atoms with E-state index < -0.39 is 0 Å². The van der Waals surface area contributed by atoms with Gasteiger partial charge < -0.3 is 5.32 Å². The van der Waals surface area contributed by atoms with E-state index in [-0.39, 0.29) is 1.43 Å². The van der Waals surface area contributed by atoms with E-state index >= 15 is 0 Å². The van der Waals surface area contributed by atoms with Crippen LogP contribution >= 0.6 is 0 Å². The molecule has 1 N–H and O–H groups in total. The first-order valence-corrected chi connectivity index (χ1v) is 5.69. The Labute approximate surface area is 84.1 Å². The van der Waals surface area contributed by atoms with Gasteiger partial charge in [0.05, 0.1) is 0 Å². The summed E-state index contributed by atoms with van der Waals surface area (Å²) in [4.78, 5) is 0. The quantitative estimate of drug-likeness (QED) is 0.509. The highest BCUT2D eigenvalue weighted by Crippen LogP contribution is 2.27. The van der Waals surface area contributed by atoms with Crippen molar-refractivity contribution in [1.82, 2.24) is 5.32 Å². The smallest absolute Gasteiger partial charge is 0 e. The van der Waals surface area contributed by atoms with Crippen LogP contribution in [0, 0.1) is 5.92 Å². The molecule has 0 spiro atoms. The summed E-state index contributed by atoms with van der Waals surface area (Å²) in [6.45, 7) is 3.45. The van der Waals surface area contributed by atoms with Crippen molar-refractivity contribution in [2.24, 2.45) is 5.92 Å². The summed E-state index contributed by atoms with van der Waals surface area (Å²) in [5, 5.41) is 3.21. The molecule has 0 saturated heterocycles. The molecule has 0 aromatic carbocycles. The normalized spacial score (nSPS) is 22.9. The Morgan fingerprint density at radius 1 is 1.62 bits per heavy atom. The standard InChI is InChI=1S/C12H23N.H2/c1-3-11-6-8-12(9-7-11)5-4-10-13-2;/h6,12-13H,3-5,7-10H2,1-2H3;1H/t12-;/m1./s1. The SMILES string of the molecule is CCC1=CC[C@@H](CCCNC)CC1.[HH]. The van der Waals surface area contributed by atoms with Crippen molar-refractivity contribution < 1.29 is 1.43 Å². The van der Waals surface area contributed by atoms with Gasteiger partial charge in [-0.05, 0) is 58.0 Å². The third-order valence-electron chi connectivity index (χ3n) is 3.11. The van der Waals surface area contributed by atoms with Crippen LogP contribution in [0.2, 0.25) is 0 Å². The highest BCUT2D eigenvalue weighted by molar-refractivity contribution is 5.05. The molecule has 1 heteroatoms. The van der Waals surface area contributed by atoms with E-state index in [1.807, 2.05) is 7.05 Å². The molecule has 0 heterocycles. The van der Waals surface area contributed by atoms with Crippen LogP contribution in [0.1, 0.15) is 46.9 Å². The molecule has 0 radical (unpaired) electrons. The molecule has 1 nitrogen and oxygen atoms in total. The minimum Gasteiger partial charge on any atom is -0.320 e. The molecule has 0 amide bonds. The molecule has 0 bridgehead atoms. The Balaban J connectivity index is 0.00000169. The average Bonchev–Trinajstić information content (AvgIpc) is 2.19. The van der Waals surface area contributed by atoms with E-state index in [2.05, 4.69) is 18.3 Å². The van der Waals surface area contributed by atoms with Crippen molar-refractivity contribution in [3.05, 3.63) is 11.6 Å². The van der Waals surface area contributed by atoms with Crippen LogP contribution in [0.4, 0.5) is 0 Å². The van der Waals surface area contributed by atoms with E-state index in [0.29, 0.717) is 0 Å². The van der Waals surface area contributed by atoms with E-state index in [1.54, 1.807) is 5.57 Å². The fourth-order valence-electron chi connectivity index (χ4n) is 2.09. The molecule has 1 aliphatic rings. The van der Waals surface area contributed by atoms with Gasteiger partial charge in [-0.1, -0.05) is 18.6 Å². The molecule has 0 fully saturated rings. The monoisotopic (exact) mass is 183 g/mol. The topological polar surface area (TPSA) is 12.0 Å². The maximum Gasteiger partial charge on any atom is 0 e. The lowest BCUT2D eigenvalue weighted by atomic mass is 9.86. The van der Waals surface area contributed by atoms with Gasteiger partial charge in [0.15, 0.2) is 0 Å². The van der Waals surface area contributed by atoms with Crippen LogP contribution in [-0.2, 0) is 0 Å². The largest absolute Gasteiger partial charge is 0.320 e. The van der Waals surface area contributed by atoms with E-state index in [9.17, 15) is 0 Å². The van der Waals surface area contributed by atoms with Crippen molar-refractivity contribution in [2.75, 3.05) is 13.6 Å². The number of hydrogen-bond acceptors (Lipinski definition) is 1. The molecule has 78 valence electrons. The molecule has 1 atom stereocenters. The van der Waals surface area contributed by atoms with Crippen LogP contribution < -0.4 is 5.32 Å². The molecule has 1 aliphatic carbocycles. The molecule has 0 aliphatic heterocycles. The average molecular weight is 183 g/mol. The van der Waals surface area contributed by atoms with Gasteiger partial charge in [0.2, 0.25) is 0 Å². The van der Waals surface area contributed by atoms with Crippen LogP contribution in [0.15, 0.2) is 11.6 Å². The van der Waals surface area contributed by atoms with Crippen molar-refractivity contribution in [3.63, 3.8) is 0 Å². The Bertz CT molecular complexity index is 166. The van der Waals surface area contributed by atoms with Crippen LogP contribution in [0.5, 0.6) is 0 Å². The summed E-state index contributed by atoms with van der Waals surface area (Å²) in [6.07, 6.45) is 10.6. The van der Waals surface area contributed by atoms with Gasteiger partial charge in [0.25, 0.3) is 0 Å². The lowest BCUT2D eigenvalue weighted by Crippen LogP contribution is -2.11. The second-order valence-electron chi connectivity index (χ2n) is 4.10. The van der Waals surface area contributed by atoms with E-state index in [4.69, 9.17) is 0 Å². The number of nitrogens with one attached hydrogen (secondary N) is 1. The van der Waals surface area contributed by atoms with Crippen molar-refractivity contribution in [2.45, 2.75) is 45.4 Å². The van der Waals surface area contributed by atoms with E-state index in [1.165, 1.54) is 45.1 Å². The van der Waals surface area contributed by atoms with Gasteiger partial charge in [-0.3, -0.25) is 0 Å².